The van der Waals surface area contributed by atoms with E-state index >= 15 is 0 Å². The Kier molecular flexibility index (Phi) is 5.38. The number of carbonyl (C=O) groups is 1. The number of methoxy groups -OCH3 is 2. The van der Waals surface area contributed by atoms with Crippen molar-refractivity contribution in [2.24, 2.45) is 0 Å². The normalized spacial score (nSPS) is 10.3. The van der Waals surface area contributed by atoms with Gasteiger partial charge in [-0.3, -0.25) is 0 Å². The third-order valence-electron chi connectivity index (χ3n) is 3.37. The van der Waals surface area contributed by atoms with Gasteiger partial charge < -0.3 is 19.9 Å². The van der Waals surface area contributed by atoms with Crippen LogP contribution in [0.25, 0.3) is 0 Å². The van der Waals surface area contributed by atoms with Gasteiger partial charge >= 0.3 is 5.97 Å². The van der Waals surface area contributed by atoms with Crippen molar-refractivity contribution in [3.8, 4) is 11.5 Å². The molecule has 2 aromatic carbocycles. The molecule has 0 aliphatic heterocycles. The molecule has 0 fully saturated rings. The molecule has 2 aromatic rings. The lowest BCUT2D eigenvalue weighted by molar-refractivity contribution is 0.0695. The monoisotopic (exact) mass is 301 g/mol. The summed E-state index contributed by atoms with van der Waals surface area (Å²) in [6, 6.07) is 12.6. The summed E-state index contributed by atoms with van der Waals surface area (Å²) < 4.78 is 10.5. The van der Waals surface area contributed by atoms with E-state index < -0.39 is 5.97 Å². The molecule has 0 amide bonds. The number of carboxylic acids is 1. The van der Waals surface area contributed by atoms with Crippen molar-refractivity contribution in [1.82, 2.24) is 5.32 Å². The molecule has 0 heterocycles. The maximum Gasteiger partial charge on any atom is 0.336 e. The van der Waals surface area contributed by atoms with Gasteiger partial charge in [0.25, 0.3) is 0 Å². The number of benzene rings is 2. The van der Waals surface area contributed by atoms with E-state index in [2.05, 4.69) is 5.32 Å². The van der Waals surface area contributed by atoms with Gasteiger partial charge in [0.2, 0.25) is 0 Å². The van der Waals surface area contributed by atoms with E-state index in [9.17, 15) is 4.79 Å². The number of nitrogens with one attached hydrogen (secondary N) is 1. The topological polar surface area (TPSA) is 67.8 Å². The highest BCUT2D eigenvalue weighted by Gasteiger charge is 2.09. The average Bonchev–Trinajstić information content (AvgIpc) is 2.55. The highest BCUT2D eigenvalue weighted by Crippen LogP contribution is 2.24. The fraction of sp³-hybridized carbons (Fsp3) is 0.235. The van der Waals surface area contributed by atoms with Gasteiger partial charge in [-0.15, -0.1) is 0 Å². The molecule has 0 spiro atoms. The second-order valence-electron chi connectivity index (χ2n) is 4.74. The van der Waals surface area contributed by atoms with Crippen molar-refractivity contribution >= 4 is 5.97 Å². The average molecular weight is 301 g/mol. The molecule has 0 saturated carbocycles. The van der Waals surface area contributed by atoms with Gasteiger partial charge in [-0.25, -0.2) is 4.79 Å². The standard InChI is InChI=1S/C17H19NO4/c1-21-14-8-7-13(16(9-14)22-2)11-18-10-12-5-3-4-6-15(12)17(19)20/h3-9,18H,10-11H2,1-2H3,(H,19,20). The molecule has 116 valence electrons. The number of hydrogen-bond acceptors (Lipinski definition) is 4. The van der Waals surface area contributed by atoms with Crippen LogP contribution < -0.4 is 14.8 Å². The summed E-state index contributed by atoms with van der Waals surface area (Å²) in [7, 11) is 3.22. The number of ether oxygens (including phenoxy) is 2. The van der Waals surface area contributed by atoms with Gasteiger partial charge in [0, 0.05) is 24.7 Å². The van der Waals surface area contributed by atoms with Gasteiger partial charge in [0.05, 0.1) is 19.8 Å². The number of carboxylic acid groups (broad SMARTS) is 1. The summed E-state index contributed by atoms with van der Waals surface area (Å²) in [5.41, 5.74) is 2.05. The Hall–Kier alpha value is -2.53. The van der Waals surface area contributed by atoms with Crippen LogP contribution >= 0.6 is 0 Å². The Bertz CT molecular complexity index is 655. The van der Waals surface area contributed by atoms with Crippen LogP contribution in [0.1, 0.15) is 21.5 Å². The van der Waals surface area contributed by atoms with Gasteiger partial charge in [0.15, 0.2) is 0 Å². The first-order valence-corrected chi connectivity index (χ1v) is 6.88. The Morgan fingerprint density at radius 1 is 1.05 bits per heavy atom. The highest BCUT2D eigenvalue weighted by molar-refractivity contribution is 5.89. The number of rotatable bonds is 7. The minimum absolute atomic E-state index is 0.316. The predicted octanol–water partition coefficient (Wildman–Crippen LogP) is 2.69. The Morgan fingerprint density at radius 3 is 2.45 bits per heavy atom. The van der Waals surface area contributed by atoms with Crippen LogP contribution in [0.4, 0.5) is 0 Å². The van der Waals surface area contributed by atoms with Gasteiger partial charge in [-0.1, -0.05) is 24.3 Å². The number of aromatic carboxylic acids is 1. The molecule has 5 nitrogen and oxygen atoms in total. The van der Waals surface area contributed by atoms with Crippen LogP contribution in [0.15, 0.2) is 42.5 Å². The predicted molar refractivity (Wildman–Crippen MR) is 83.5 cm³/mol. The summed E-state index contributed by atoms with van der Waals surface area (Å²) in [5.74, 6) is 0.551. The van der Waals surface area contributed by atoms with Crippen LogP contribution in [-0.2, 0) is 13.1 Å². The van der Waals surface area contributed by atoms with Crippen molar-refractivity contribution in [1.29, 1.82) is 0 Å². The van der Waals surface area contributed by atoms with Crippen molar-refractivity contribution in [2.45, 2.75) is 13.1 Å². The lowest BCUT2D eigenvalue weighted by atomic mass is 10.1. The molecule has 0 unspecified atom stereocenters. The molecule has 0 aliphatic carbocycles. The van der Waals surface area contributed by atoms with Crippen LogP contribution in [0, 0.1) is 0 Å². The lowest BCUT2D eigenvalue weighted by Gasteiger charge is -2.12. The molecule has 2 rings (SSSR count). The zero-order valence-electron chi connectivity index (χ0n) is 12.6. The van der Waals surface area contributed by atoms with Crippen LogP contribution in [0.3, 0.4) is 0 Å². The van der Waals surface area contributed by atoms with Crippen molar-refractivity contribution in [3.63, 3.8) is 0 Å². The van der Waals surface area contributed by atoms with E-state index in [1.807, 2.05) is 30.3 Å². The molecule has 0 bridgehead atoms. The Labute approximate surface area is 129 Å². The fourth-order valence-electron chi connectivity index (χ4n) is 2.21. The summed E-state index contributed by atoms with van der Waals surface area (Å²) in [6.45, 7) is 1.04. The van der Waals surface area contributed by atoms with E-state index in [0.717, 1.165) is 22.6 Å². The van der Waals surface area contributed by atoms with E-state index in [0.29, 0.717) is 18.7 Å². The van der Waals surface area contributed by atoms with Gasteiger partial charge in [-0.2, -0.15) is 0 Å². The van der Waals surface area contributed by atoms with Crippen LogP contribution in [-0.4, -0.2) is 25.3 Å². The first-order chi connectivity index (χ1) is 10.7. The third kappa shape index (κ3) is 3.77. The molecule has 0 aromatic heterocycles. The quantitative estimate of drug-likeness (QED) is 0.823. The molecular weight excluding hydrogens is 282 g/mol. The molecule has 5 heteroatoms. The summed E-state index contributed by atoms with van der Waals surface area (Å²) in [6.07, 6.45) is 0. The molecular formula is C17H19NO4. The zero-order chi connectivity index (χ0) is 15.9. The lowest BCUT2D eigenvalue weighted by Crippen LogP contribution is -2.16. The third-order valence-corrected chi connectivity index (χ3v) is 3.37. The summed E-state index contributed by atoms with van der Waals surface area (Å²) >= 11 is 0. The van der Waals surface area contributed by atoms with E-state index in [4.69, 9.17) is 14.6 Å². The first-order valence-electron chi connectivity index (χ1n) is 6.88. The van der Waals surface area contributed by atoms with Crippen molar-refractivity contribution in [2.75, 3.05) is 14.2 Å². The molecule has 22 heavy (non-hydrogen) atoms. The van der Waals surface area contributed by atoms with E-state index in [1.165, 1.54) is 0 Å². The minimum Gasteiger partial charge on any atom is -0.497 e. The molecule has 0 atom stereocenters. The van der Waals surface area contributed by atoms with Gasteiger partial charge in [0.1, 0.15) is 11.5 Å². The molecule has 0 saturated heterocycles. The summed E-state index contributed by atoms with van der Waals surface area (Å²) in [5, 5.41) is 12.4. The Morgan fingerprint density at radius 2 is 1.77 bits per heavy atom. The number of hydrogen-bond donors (Lipinski definition) is 2. The van der Waals surface area contributed by atoms with Crippen molar-refractivity contribution in [3.05, 3.63) is 59.2 Å². The maximum atomic E-state index is 11.2. The molecule has 0 radical (unpaired) electrons. The first kappa shape index (κ1) is 15.9. The minimum atomic E-state index is -0.917. The Balaban J connectivity index is 2.04. The maximum absolute atomic E-state index is 11.2. The van der Waals surface area contributed by atoms with E-state index in [1.54, 1.807) is 26.4 Å². The van der Waals surface area contributed by atoms with Crippen molar-refractivity contribution < 1.29 is 19.4 Å². The van der Waals surface area contributed by atoms with Gasteiger partial charge in [-0.05, 0) is 17.7 Å². The second kappa shape index (κ2) is 7.47. The van der Waals surface area contributed by atoms with E-state index in [-0.39, 0.29) is 0 Å². The van der Waals surface area contributed by atoms with Crippen LogP contribution in [0.5, 0.6) is 11.5 Å². The second-order valence-corrected chi connectivity index (χ2v) is 4.74. The molecule has 2 N–H and O–H groups in total. The highest BCUT2D eigenvalue weighted by atomic mass is 16.5. The fourth-order valence-corrected chi connectivity index (χ4v) is 2.21. The molecule has 0 aliphatic rings. The van der Waals surface area contributed by atoms with Crippen LogP contribution in [0.2, 0.25) is 0 Å². The largest absolute Gasteiger partial charge is 0.497 e. The summed E-state index contributed by atoms with van der Waals surface area (Å²) in [4.78, 5) is 11.2. The zero-order valence-corrected chi connectivity index (χ0v) is 12.6. The SMILES string of the molecule is COc1ccc(CNCc2ccccc2C(=O)O)c(OC)c1. The smallest absolute Gasteiger partial charge is 0.336 e.